The Bertz CT molecular complexity index is 349. The number of aromatic nitrogens is 2. The lowest BCUT2D eigenvalue weighted by Gasteiger charge is -2.18. The summed E-state index contributed by atoms with van der Waals surface area (Å²) in [5.41, 5.74) is 2.48. The van der Waals surface area contributed by atoms with Crippen LogP contribution < -0.4 is 5.32 Å². The molecule has 0 spiro atoms. The molecule has 0 amide bonds. The van der Waals surface area contributed by atoms with E-state index in [1.807, 2.05) is 18.7 Å². The number of nitrogens with zero attached hydrogens (tertiary/aromatic N) is 2. The maximum atomic E-state index is 5.48. The Hall–Kier alpha value is -0.870. The summed E-state index contributed by atoms with van der Waals surface area (Å²) in [5.74, 6) is 0. The van der Waals surface area contributed by atoms with Crippen LogP contribution in [0.2, 0.25) is 0 Å². The Morgan fingerprint density at radius 2 is 2.16 bits per heavy atom. The van der Waals surface area contributed by atoms with Crippen molar-refractivity contribution < 1.29 is 4.74 Å². The zero-order valence-electron chi connectivity index (χ0n) is 12.9. The Balaban J connectivity index is 2.55. The minimum Gasteiger partial charge on any atom is -0.382 e. The maximum absolute atomic E-state index is 5.48. The fourth-order valence-electron chi connectivity index (χ4n) is 2.18. The van der Waals surface area contributed by atoms with E-state index in [9.17, 15) is 0 Å². The summed E-state index contributed by atoms with van der Waals surface area (Å²) in [4.78, 5) is 0. The SMILES string of the molecule is CCCNC(CCOCC)Cc1cc(CC)nn1C. The molecule has 0 aliphatic rings. The van der Waals surface area contributed by atoms with Crippen LogP contribution >= 0.6 is 0 Å². The maximum Gasteiger partial charge on any atom is 0.0624 e. The molecule has 0 aromatic carbocycles. The summed E-state index contributed by atoms with van der Waals surface area (Å²) >= 11 is 0. The molecule has 0 aliphatic heterocycles. The zero-order valence-corrected chi connectivity index (χ0v) is 12.9. The third-order valence-electron chi connectivity index (χ3n) is 3.34. The second-order valence-corrected chi connectivity index (χ2v) is 4.94. The summed E-state index contributed by atoms with van der Waals surface area (Å²) in [5, 5.41) is 8.13. The van der Waals surface area contributed by atoms with Gasteiger partial charge in [-0.3, -0.25) is 4.68 Å². The summed E-state index contributed by atoms with van der Waals surface area (Å²) in [7, 11) is 2.04. The monoisotopic (exact) mass is 267 g/mol. The van der Waals surface area contributed by atoms with E-state index in [1.54, 1.807) is 0 Å². The van der Waals surface area contributed by atoms with Crippen molar-refractivity contribution in [2.75, 3.05) is 19.8 Å². The summed E-state index contributed by atoms with van der Waals surface area (Å²) in [6.07, 6.45) is 4.24. The van der Waals surface area contributed by atoms with Crippen LogP contribution in [0.5, 0.6) is 0 Å². The second kappa shape index (κ2) is 9.10. The van der Waals surface area contributed by atoms with Crippen molar-refractivity contribution in [1.82, 2.24) is 15.1 Å². The molecule has 1 heterocycles. The van der Waals surface area contributed by atoms with E-state index < -0.39 is 0 Å². The quantitative estimate of drug-likeness (QED) is 0.661. The predicted molar refractivity (Wildman–Crippen MR) is 79.5 cm³/mol. The van der Waals surface area contributed by atoms with Gasteiger partial charge in [0.05, 0.1) is 5.69 Å². The average Bonchev–Trinajstić information content (AvgIpc) is 2.76. The molecule has 1 N–H and O–H groups in total. The number of hydrogen-bond donors (Lipinski definition) is 1. The normalized spacial score (nSPS) is 12.8. The smallest absolute Gasteiger partial charge is 0.0624 e. The molecule has 1 rings (SSSR count). The van der Waals surface area contributed by atoms with E-state index in [-0.39, 0.29) is 0 Å². The number of rotatable bonds is 10. The van der Waals surface area contributed by atoms with Crippen LogP contribution in [0.15, 0.2) is 6.07 Å². The molecule has 1 atom stereocenters. The van der Waals surface area contributed by atoms with Gasteiger partial charge >= 0.3 is 0 Å². The first-order valence-electron chi connectivity index (χ1n) is 7.54. The molecule has 1 aromatic rings. The van der Waals surface area contributed by atoms with Gasteiger partial charge in [-0.25, -0.2) is 0 Å². The third kappa shape index (κ3) is 5.74. The summed E-state index contributed by atoms with van der Waals surface area (Å²) in [6, 6.07) is 2.70. The van der Waals surface area contributed by atoms with Crippen LogP contribution in [0.3, 0.4) is 0 Å². The molecule has 0 radical (unpaired) electrons. The molecule has 0 saturated heterocycles. The van der Waals surface area contributed by atoms with Crippen molar-refractivity contribution in [3.8, 4) is 0 Å². The molecule has 19 heavy (non-hydrogen) atoms. The molecule has 0 saturated carbocycles. The van der Waals surface area contributed by atoms with Crippen LogP contribution in [0.25, 0.3) is 0 Å². The van der Waals surface area contributed by atoms with Gasteiger partial charge in [0, 0.05) is 38.4 Å². The van der Waals surface area contributed by atoms with E-state index in [0.29, 0.717) is 6.04 Å². The molecule has 4 heteroatoms. The van der Waals surface area contributed by atoms with E-state index in [4.69, 9.17) is 4.74 Å². The molecule has 1 unspecified atom stereocenters. The first kappa shape index (κ1) is 16.2. The van der Waals surface area contributed by atoms with E-state index >= 15 is 0 Å². The molecule has 110 valence electrons. The number of aryl methyl sites for hydroxylation is 2. The Morgan fingerprint density at radius 1 is 1.37 bits per heavy atom. The van der Waals surface area contributed by atoms with Crippen molar-refractivity contribution in [3.63, 3.8) is 0 Å². The lowest BCUT2D eigenvalue weighted by molar-refractivity contribution is 0.136. The van der Waals surface area contributed by atoms with Gasteiger partial charge in [-0.05, 0) is 38.8 Å². The Labute approximate surface area is 117 Å². The van der Waals surface area contributed by atoms with Gasteiger partial charge in [0.25, 0.3) is 0 Å². The van der Waals surface area contributed by atoms with Gasteiger partial charge in [0.1, 0.15) is 0 Å². The first-order valence-corrected chi connectivity index (χ1v) is 7.54. The topological polar surface area (TPSA) is 39.1 Å². The van der Waals surface area contributed by atoms with Gasteiger partial charge in [0.15, 0.2) is 0 Å². The molecular weight excluding hydrogens is 238 g/mol. The number of hydrogen-bond acceptors (Lipinski definition) is 3. The highest BCUT2D eigenvalue weighted by Gasteiger charge is 2.12. The molecule has 0 aliphatic carbocycles. The number of nitrogens with one attached hydrogen (secondary N) is 1. The highest BCUT2D eigenvalue weighted by molar-refractivity contribution is 5.11. The standard InChI is InChI=1S/C15H29N3O/c1-5-9-16-14(8-10-19-7-3)12-15-11-13(6-2)17-18(15)4/h11,14,16H,5-10,12H2,1-4H3. The van der Waals surface area contributed by atoms with Crippen LogP contribution in [0.1, 0.15) is 45.0 Å². The molecule has 0 fully saturated rings. The second-order valence-electron chi connectivity index (χ2n) is 4.94. The van der Waals surface area contributed by atoms with E-state index in [0.717, 1.165) is 45.4 Å². The van der Waals surface area contributed by atoms with Crippen molar-refractivity contribution in [2.24, 2.45) is 7.05 Å². The lowest BCUT2D eigenvalue weighted by Crippen LogP contribution is -2.33. The summed E-state index contributed by atoms with van der Waals surface area (Å²) < 4.78 is 7.49. The van der Waals surface area contributed by atoms with Crippen molar-refractivity contribution >= 4 is 0 Å². The van der Waals surface area contributed by atoms with Crippen molar-refractivity contribution in [1.29, 1.82) is 0 Å². The lowest BCUT2D eigenvalue weighted by atomic mass is 10.1. The molecule has 4 nitrogen and oxygen atoms in total. The van der Waals surface area contributed by atoms with Gasteiger partial charge in [-0.15, -0.1) is 0 Å². The Morgan fingerprint density at radius 3 is 2.74 bits per heavy atom. The van der Waals surface area contributed by atoms with Gasteiger partial charge in [0.2, 0.25) is 0 Å². The van der Waals surface area contributed by atoms with E-state index in [2.05, 4.69) is 30.3 Å². The largest absolute Gasteiger partial charge is 0.382 e. The van der Waals surface area contributed by atoms with Crippen molar-refractivity contribution in [3.05, 3.63) is 17.5 Å². The Kier molecular flexibility index (Phi) is 7.75. The minimum absolute atomic E-state index is 0.478. The molecular formula is C15H29N3O. The predicted octanol–water partition coefficient (Wildman–Crippen LogP) is 2.32. The highest BCUT2D eigenvalue weighted by atomic mass is 16.5. The van der Waals surface area contributed by atoms with Gasteiger partial charge < -0.3 is 10.1 Å². The number of ether oxygens (including phenoxy) is 1. The average molecular weight is 267 g/mol. The van der Waals surface area contributed by atoms with Crippen molar-refractivity contribution in [2.45, 2.75) is 52.5 Å². The van der Waals surface area contributed by atoms with E-state index in [1.165, 1.54) is 11.4 Å². The fourth-order valence-corrected chi connectivity index (χ4v) is 2.18. The van der Waals surface area contributed by atoms with Crippen LogP contribution in [0.4, 0.5) is 0 Å². The van der Waals surface area contributed by atoms with Gasteiger partial charge in [-0.1, -0.05) is 13.8 Å². The zero-order chi connectivity index (χ0) is 14.1. The molecule has 1 aromatic heterocycles. The highest BCUT2D eigenvalue weighted by Crippen LogP contribution is 2.09. The first-order chi connectivity index (χ1) is 9.21. The minimum atomic E-state index is 0.478. The fraction of sp³-hybridized carbons (Fsp3) is 0.800. The van der Waals surface area contributed by atoms with Crippen LogP contribution in [-0.2, 0) is 24.6 Å². The summed E-state index contributed by atoms with van der Waals surface area (Å²) in [6.45, 7) is 9.08. The van der Waals surface area contributed by atoms with Crippen LogP contribution in [-0.4, -0.2) is 35.6 Å². The molecule has 0 bridgehead atoms. The van der Waals surface area contributed by atoms with Crippen LogP contribution in [0, 0.1) is 0 Å². The van der Waals surface area contributed by atoms with Gasteiger partial charge in [-0.2, -0.15) is 5.10 Å². The third-order valence-corrected chi connectivity index (χ3v) is 3.34.